The fourth-order valence-corrected chi connectivity index (χ4v) is 2.30. The van der Waals surface area contributed by atoms with Gasteiger partial charge in [0.1, 0.15) is 0 Å². The van der Waals surface area contributed by atoms with E-state index in [0.717, 1.165) is 12.8 Å². The van der Waals surface area contributed by atoms with Gasteiger partial charge in [-0.1, -0.05) is 0 Å². The first-order chi connectivity index (χ1) is 7.59. The fourth-order valence-electron chi connectivity index (χ4n) is 2.30. The predicted octanol–water partition coefficient (Wildman–Crippen LogP) is 1.28. The van der Waals surface area contributed by atoms with E-state index < -0.39 is 17.5 Å². The summed E-state index contributed by atoms with van der Waals surface area (Å²) in [4.78, 5) is 22.6. The van der Waals surface area contributed by atoms with Crippen LogP contribution in [0.5, 0.6) is 0 Å². The molecule has 0 atom stereocenters. The van der Waals surface area contributed by atoms with Gasteiger partial charge in [-0.3, -0.25) is 4.79 Å². The molecule has 0 aromatic rings. The van der Waals surface area contributed by atoms with Gasteiger partial charge in [0.2, 0.25) is 11.5 Å². The highest BCUT2D eigenvalue weighted by atomic mass is 16.6. The second-order valence-electron chi connectivity index (χ2n) is 4.05. The van der Waals surface area contributed by atoms with E-state index in [0.29, 0.717) is 12.8 Å². The maximum absolute atomic E-state index is 11.6. The zero-order valence-corrected chi connectivity index (χ0v) is 9.37. The molecular weight excluding hydrogens is 212 g/mol. The fraction of sp³-hybridized carbons (Fsp3) is 0.636. The molecule has 1 saturated carbocycles. The Morgan fingerprint density at radius 3 is 2.50 bits per heavy atom. The minimum Gasteiger partial charge on any atom is -0.487 e. The highest BCUT2D eigenvalue weighted by molar-refractivity contribution is 5.91. The number of rotatable bonds is 2. The molecule has 0 amide bonds. The van der Waals surface area contributed by atoms with Crippen molar-refractivity contribution in [1.29, 1.82) is 0 Å². The molecule has 2 aliphatic rings. The molecule has 0 aromatic carbocycles. The number of hydrogen-bond acceptors (Lipinski definition) is 5. The lowest BCUT2D eigenvalue weighted by molar-refractivity contribution is -0.153. The molecule has 1 aliphatic carbocycles. The maximum atomic E-state index is 11.6. The third kappa shape index (κ3) is 1.56. The molecule has 1 fully saturated rings. The van der Waals surface area contributed by atoms with Crippen LogP contribution < -0.4 is 0 Å². The number of carbonyl (C=O) groups is 2. The second kappa shape index (κ2) is 3.81. The van der Waals surface area contributed by atoms with E-state index in [1.54, 1.807) is 0 Å². The standard InChI is InChI=1S/C11H14O5/c1-7(12)15-9-8(14-2)10(13)16-11(9)5-3-4-6-11/h3-6H2,1-2H3. The van der Waals surface area contributed by atoms with Crippen molar-refractivity contribution in [3.05, 3.63) is 11.5 Å². The van der Waals surface area contributed by atoms with Gasteiger partial charge < -0.3 is 14.2 Å². The molecule has 0 bridgehead atoms. The molecule has 0 radical (unpaired) electrons. The molecule has 0 aromatic heterocycles. The van der Waals surface area contributed by atoms with Crippen molar-refractivity contribution in [2.45, 2.75) is 38.2 Å². The maximum Gasteiger partial charge on any atom is 0.378 e. The summed E-state index contributed by atoms with van der Waals surface area (Å²) >= 11 is 0. The average Bonchev–Trinajstić information content (AvgIpc) is 2.75. The minimum atomic E-state index is -0.756. The van der Waals surface area contributed by atoms with E-state index in [2.05, 4.69) is 0 Å². The Kier molecular flexibility index (Phi) is 2.61. The number of hydrogen-bond donors (Lipinski definition) is 0. The molecule has 0 saturated heterocycles. The molecule has 1 heterocycles. The topological polar surface area (TPSA) is 61.8 Å². The summed E-state index contributed by atoms with van der Waals surface area (Å²) in [5.74, 6) is -0.725. The monoisotopic (exact) mass is 226 g/mol. The third-order valence-electron chi connectivity index (χ3n) is 2.95. The number of methoxy groups -OCH3 is 1. The number of ether oxygens (including phenoxy) is 3. The van der Waals surface area contributed by atoms with Gasteiger partial charge >= 0.3 is 11.9 Å². The van der Waals surface area contributed by atoms with Crippen LogP contribution in [0.4, 0.5) is 0 Å². The van der Waals surface area contributed by atoms with Crippen molar-refractivity contribution < 1.29 is 23.8 Å². The zero-order chi connectivity index (χ0) is 11.8. The molecule has 2 rings (SSSR count). The normalized spacial score (nSPS) is 22.5. The summed E-state index contributed by atoms with van der Waals surface area (Å²) in [7, 11) is 1.37. The Hall–Kier alpha value is -1.52. The summed E-state index contributed by atoms with van der Waals surface area (Å²) in [6, 6.07) is 0. The highest BCUT2D eigenvalue weighted by Crippen LogP contribution is 2.45. The lowest BCUT2D eigenvalue weighted by Gasteiger charge is -2.23. The van der Waals surface area contributed by atoms with Crippen LogP contribution in [0.3, 0.4) is 0 Å². The van der Waals surface area contributed by atoms with E-state index in [-0.39, 0.29) is 11.5 Å². The quantitative estimate of drug-likeness (QED) is 0.664. The summed E-state index contributed by atoms with van der Waals surface area (Å²) in [6.45, 7) is 1.30. The molecule has 0 unspecified atom stereocenters. The van der Waals surface area contributed by atoms with Crippen LogP contribution in [-0.4, -0.2) is 24.6 Å². The van der Waals surface area contributed by atoms with Crippen LogP contribution in [0, 0.1) is 0 Å². The summed E-state index contributed by atoms with van der Waals surface area (Å²) in [5.41, 5.74) is -0.756. The first-order valence-corrected chi connectivity index (χ1v) is 5.29. The highest BCUT2D eigenvalue weighted by Gasteiger charge is 2.52. The number of esters is 2. The lowest BCUT2D eigenvalue weighted by Crippen LogP contribution is -2.30. The van der Waals surface area contributed by atoms with Crippen molar-refractivity contribution in [2.24, 2.45) is 0 Å². The van der Waals surface area contributed by atoms with Crippen LogP contribution in [0.25, 0.3) is 0 Å². The van der Waals surface area contributed by atoms with Crippen molar-refractivity contribution in [2.75, 3.05) is 7.11 Å². The largest absolute Gasteiger partial charge is 0.487 e. The second-order valence-corrected chi connectivity index (χ2v) is 4.05. The van der Waals surface area contributed by atoms with Crippen molar-refractivity contribution in [1.82, 2.24) is 0 Å². The molecule has 5 heteroatoms. The molecule has 1 spiro atoms. The van der Waals surface area contributed by atoms with E-state index in [9.17, 15) is 9.59 Å². The molecule has 0 N–H and O–H groups in total. The summed E-state index contributed by atoms with van der Waals surface area (Å²) < 4.78 is 15.4. The smallest absolute Gasteiger partial charge is 0.378 e. The van der Waals surface area contributed by atoms with Crippen molar-refractivity contribution in [3.8, 4) is 0 Å². The lowest BCUT2D eigenvalue weighted by atomic mass is 10.0. The van der Waals surface area contributed by atoms with Crippen molar-refractivity contribution in [3.63, 3.8) is 0 Å². The SMILES string of the molecule is COC1=C(OC(C)=O)C2(CCCC2)OC1=O. The van der Waals surface area contributed by atoms with Gasteiger partial charge in [0.15, 0.2) is 5.60 Å². The Morgan fingerprint density at radius 2 is 2.00 bits per heavy atom. The first-order valence-electron chi connectivity index (χ1n) is 5.29. The van der Waals surface area contributed by atoms with Gasteiger partial charge in [-0.15, -0.1) is 0 Å². The van der Waals surface area contributed by atoms with Gasteiger partial charge in [0.05, 0.1) is 7.11 Å². The minimum absolute atomic E-state index is 0.0251. The van der Waals surface area contributed by atoms with Gasteiger partial charge in [0.25, 0.3) is 0 Å². The van der Waals surface area contributed by atoms with Gasteiger partial charge in [-0.25, -0.2) is 4.79 Å². The number of carbonyl (C=O) groups excluding carboxylic acids is 2. The summed E-state index contributed by atoms with van der Waals surface area (Å²) in [6.07, 6.45) is 3.28. The Balaban J connectivity index is 2.38. The Labute approximate surface area is 93.4 Å². The van der Waals surface area contributed by atoms with Crippen LogP contribution in [0.2, 0.25) is 0 Å². The van der Waals surface area contributed by atoms with E-state index >= 15 is 0 Å². The van der Waals surface area contributed by atoms with Gasteiger partial charge in [-0.2, -0.15) is 0 Å². The van der Waals surface area contributed by atoms with Gasteiger partial charge in [-0.05, 0) is 25.7 Å². The third-order valence-corrected chi connectivity index (χ3v) is 2.95. The van der Waals surface area contributed by atoms with Gasteiger partial charge in [0, 0.05) is 6.92 Å². The molecule has 1 aliphatic heterocycles. The van der Waals surface area contributed by atoms with Crippen LogP contribution in [0.1, 0.15) is 32.6 Å². The van der Waals surface area contributed by atoms with Crippen molar-refractivity contribution >= 4 is 11.9 Å². The molecule has 16 heavy (non-hydrogen) atoms. The summed E-state index contributed by atoms with van der Waals surface area (Å²) in [5, 5.41) is 0. The molecular formula is C11H14O5. The van der Waals surface area contributed by atoms with Crippen LogP contribution in [-0.2, 0) is 23.8 Å². The zero-order valence-electron chi connectivity index (χ0n) is 9.37. The first kappa shape index (κ1) is 11.0. The van der Waals surface area contributed by atoms with Crippen LogP contribution in [0.15, 0.2) is 11.5 Å². The molecule has 5 nitrogen and oxygen atoms in total. The van der Waals surface area contributed by atoms with Crippen LogP contribution >= 0.6 is 0 Å². The molecule has 88 valence electrons. The average molecular weight is 226 g/mol. The van der Waals surface area contributed by atoms with E-state index in [1.807, 2.05) is 0 Å². The van der Waals surface area contributed by atoms with E-state index in [4.69, 9.17) is 14.2 Å². The predicted molar refractivity (Wildman–Crippen MR) is 53.1 cm³/mol. The Morgan fingerprint density at radius 1 is 1.38 bits per heavy atom. The Bertz CT molecular complexity index is 363. The van der Waals surface area contributed by atoms with E-state index in [1.165, 1.54) is 14.0 Å².